The van der Waals surface area contributed by atoms with Crippen molar-refractivity contribution in [3.63, 3.8) is 0 Å². The van der Waals surface area contributed by atoms with Crippen LogP contribution in [0.1, 0.15) is 27.2 Å². The molecule has 3 rings (SSSR count). The molecule has 0 saturated carbocycles. The number of benzene rings is 2. The fraction of sp³-hybridized carbons (Fsp3) is 0.286. The monoisotopic (exact) mass is 388 g/mol. The van der Waals surface area contributed by atoms with Gasteiger partial charge in [0, 0.05) is 28.7 Å². The molecule has 0 aliphatic carbocycles. The molecule has 7 heteroatoms. The average molecular weight is 388 g/mol. The normalized spacial score (nSPS) is 11.1. The fourth-order valence-electron chi connectivity index (χ4n) is 3.09. The predicted molar refractivity (Wildman–Crippen MR) is 103 cm³/mol. The molecule has 0 unspecified atom stereocenters. The van der Waals surface area contributed by atoms with E-state index in [1.54, 1.807) is 18.2 Å². The number of halogens is 2. The summed E-state index contributed by atoms with van der Waals surface area (Å²) in [5.74, 6) is 0.0290. The van der Waals surface area contributed by atoms with E-state index in [1.807, 2.05) is 26.0 Å². The molecule has 148 valence electrons. The Balaban J connectivity index is 1.64. The van der Waals surface area contributed by atoms with Crippen LogP contribution in [0.3, 0.4) is 0 Å². The number of aromatic amines is 1. The lowest BCUT2D eigenvalue weighted by Gasteiger charge is -2.12. The molecule has 0 fully saturated rings. The molecule has 1 heterocycles. The number of fused-ring (bicyclic) bond motifs is 1. The Hall–Kier alpha value is -3.09. The molecule has 1 amide bonds. The van der Waals surface area contributed by atoms with Crippen LogP contribution in [0.4, 0.5) is 8.78 Å². The highest BCUT2D eigenvalue weighted by atomic mass is 19.3. The Morgan fingerprint density at radius 2 is 1.93 bits per heavy atom. The standard InChI is InChI=1S/C21H22F2N2O3/c1-12-13(2)25-17-6-5-15(11-16(12)17)20(26)24-9-8-14-4-7-18(27-3)19(10-14)28-21(22)23/h4-7,10-11,21,25H,8-9H2,1-3H3,(H,24,26). The summed E-state index contributed by atoms with van der Waals surface area (Å²) in [6, 6.07) is 10.3. The minimum atomic E-state index is -2.93. The quantitative estimate of drug-likeness (QED) is 0.632. The molecular weight excluding hydrogens is 366 g/mol. The molecule has 3 aromatic rings. The fourth-order valence-corrected chi connectivity index (χ4v) is 3.09. The first-order chi connectivity index (χ1) is 13.4. The summed E-state index contributed by atoms with van der Waals surface area (Å²) in [4.78, 5) is 15.7. The van der Waals surface area contributed by atoms with E-state index in [4.69, 9.17) is 4.74 Å². The van der Waals surface area contributed by atoms with E-state index in [1.165, 1.54) is 13.2 Å². The van der Waals surface area contributed by atoms with Crippen LogP contribution in [-0.2, 0) is 6.42 Å². The van der Waals surface area contributed by atoms with Crippen LogP contribution in [0.2, 0.25) is 0 Å². The van der Waals surface area contributed by atoms with Crippen molar-refractivity contribution in [2.45, 2.75) is 26.9 Å². The van der Waals surface area contributed by atoms with Crippen molar-refractivity contribution in [2.24, 2.45) is 0 Å². The van der Waals surface area contributed by atoms with E-state index in [-0.39, 0.29) is 17.4 Å². The minimum Gasteiger partial charge on any atom is -0.493 e. The highest BCUT2D eigenvalue weighted by molar-refractivity contribution is 5.99. The first kappa shape index (κ1) is 19.7. The Morgan fingerprint density at radius 1 is 1.14 bits per heavy atom. The van der Waals surface area contributed by atoms with E-state index in [2.05, 4.69) is 15.0 Å². The number of aryl methyl sites for hydroxylation is 2. The van der Waals surface area contributed by atoms with Gasteiger partial charge in [0.1, 0.15) is 0 Å². The van der Waals surface area contributed by atoms with Crippen LogP contribution in [0.15, 0.2) is 36.4 Å². The Morgan fingerprint density at radius 3 is 2.64 bits per heavy atom. The van der Waals surface area contributed by atoms with Crippen molar-refractivity contribution in [2.75, 3.05) is 13.7 Å². The van der Waals surface area contributed by atoms with E-state index in [9.17, 15) is 13.6 Å². The lowest BCUT2D eigenvalue weighted by atomic mass is 10.1. The van der Waals surface area contributed by atoms with Crippen molar-refractivity contribution in [1.29, 1.82) is 0 Å². The molecular formula is C21H22F2N2O3. The number of carbonyl (C=O) groups excluding carboxylic acids is 1. The topological polar surface area (TPSA) is 63.3 Å². The molecule has 0 aliphatic rings. The van der Waals surface area contributed by atoms with Crippen LogP contribution in [0.25, 0.3) is 10.9 Å². The van der Waals surface area contributed by atoms with Crippen molar-refractivity contribution in [3.05, 3.63) is 58.8 Å². The van der Waals surface area contributed by atoms with Crippen LogP contribution in [0.5, 0.6) is 11.5 Å². The third kappa shape index (κ3) is 4.24. The van der Waals surface area contributed by atoms with Gasteiger partial charge in [-0.25, -0.2) is 0 Å². The number of ether oxygens (including phenoxy) is 2. The maximum absolute atomic E-state index is 12.5. The smallest absolute Gasteiger partial charge is 0.387 e. The van der Waals surface area contributed by atoms with Gasteiger partial charge in [0.15, 0.2) is 11.5 Å². The zero-order valence-corrected chi connectivity index (χ0v) is 15.9. The van der Waals surface area contributed by atoms with Gasteiger partial charge in [0.2, 0.25) is 0 Å². The molecule has 0 spiro atoms. The van der Waals surface area contributed by atoms with Gasteiger partial charge in [-0.1, -0.05) is 6.07 Å². The second-order valence-corrected chi connectivity index (χ2v) is 6.50. The first-order valence-corrected chi connectivity index (χ1v) is 8.88. The third-order valence-corrected chi connectivity index (χ3v) is 4.71. The van der Waals surface area contributed by atoms with Gasteiger partial charge in [-0.05, 0) is 61.7 Å². The second kappa shape index (κ2) is 8.29. The average Bonchev–Trinajstić information content (AvgIpc) is 2.95. The second-order valence-electron chi connectivity index (χ2n) is 6.50. The molecule has 5 nitrogen and oxygen atoms in total. The highest BCUT2D eigenvalue weighted by Crippen LogP contribution is 2.29. The number of H-pyrrole nitrogens is 1. The van der Waals surface area contributed by atoms with Crippen LogP contribution < -0.4 is 14.8 Å². The van der Waals surface area contributed by atoms with E-state index in [0.717, 1.165) is 27.7 Å². The van der Waals surface area contributed by atoms with Crippen molar-refractivity contribution in [1.82, 2.24) is 10.3 Å². The molecule has 1 aromatic heterocycles. The minimum absolute atomic E-state index is 0.0231. The van der Waals surface area contributed by atoms with Crippen LogP contribution in [0, 0.1) is 13.8 Å². The summed E-state index contributed by atoms with van der Waals surface area (Å²) in [6.45, 7) is 1.44. The Bertz CT molecular complexity index is 999. The molecule has 0 saturated heterocycles. The van der Waals surface area contributed by atoms with Gasteiger partial charge in [0.25, 0.3) is 5.91 Å². The zero-order valence-electron chi connectivity index (χ0n) is 15.9. The summed E-state index contributed by atoms with van der Waals surface area (Å²) >= 11 is 0. The number of carbonyl (C=O) groups is 1. The lowest BCUT2D eigenvalue weighted by molar-refractivity contribution is -0.0512. The summed E-state index contributed by atoms with van der Waals surface area (Å²) in [7, 11) is 1.39. The maximum atomic E-state index is 12.5. The third-order valence-electron chi connectivity index (χ3n) is 4.71. The number of hydrogen-bond acceptors (Lipinski definition) is 3. The summed E-state index contributed by atoms with van der Waals surface area (Å²) in [5, 5.41) is 3.88. The van der Waals surface area contributed by atoms with Gasteiger partial charge in [0.05, 0.1) is 7.11 Å². The largest absolute Gasteiger partial charge is 0.493 e. The summed E-state index contributed by atoms with van der Waals surface area (Å²) < 4.78 is 34.5. The van der Waals surface area contributed by atoms with Gasteiger partial charge in [-0.15, -0.1) is 0 Å². The van der Waals surface area contributed by atoms with Gasteiger partial charge < -0.3 is 19.8 Å². The summed E-state index contributed by atoms with van der Waals surface area (Å²) in [5.41, 5.74) is 4.52. The molecule has 2 aromatic carbocycles. The first-order valence-electron chi connectivity index (χ1n) is 8.88. The number of methoxy groups -OCH3 is 1. The lowest BCUT2D eigenvalue weighted by Crippen LogP contribution is -2.25. The van der Waals surface area contributed by atoms with Crippen molar-refractivity contribution < 1.29 is 23.0 Å². The number of hydrogen-bond donors (Lipinski definition) is 2. The molecule has 2 N–H and O–H groups in total. The predicted octanol–water partition coefficient (Wildman–Crippen LogP) is 4.37. The number of amides is 1. The molecule has 28 heavy (non-hydrogen) atoms. The molecule has 0 atom stereocenters. The number of rotatable bonds is 7. The van der Waals surface area contributed by atoms with Crippen LogP contribution in [-0.4, -0.2) is 31.2 Å². The maximum Gasteiger partial charge on any atom is 0.387 e. The van der Waals surface area contributed by atoms with Gasteiger partial charge in [-0.2, -0.15) is 8.78 Å². The number of nitrogens with one attached hydrogen (secondary N) is 2. The van der Waals surface area contributed by atoms with E-state index < -0.39 is 6.61 Å². The molecule has 0 bridgehead atoms. The molecule has 0 radical (unpaired) electrons. The number of aromatic nitrogens is 1. The highest BCUT2D eigenvalue weighted by Gasteiger charge is 2.12. The van der Waals surface area contributed by atoms with Crippen molar-refractivity contribution >= 4 is 16.8 Å². The summed E-state index contributed by atoms with van der Waals surface area (Å²) in [6.07, 6.45) is 0.472. The Kier molecular flexibility index (Phi) is 5.82. The number of alkyl halides is 2. The van der Waals surface area contributed by atoms with Gasteiger partial charge >= 0.3 is 6.61 Å². The van der Waals surface area contributed by atoms with Crippen molar-refractivity contribution in [3.8, 4) is 11.5 Å². The van der Waals surface area contributed by atoms with Gasteiger partial charge in [-0.3, -0.25) is 4.79 Å². The van der Waals surface area contributed by atoms with E-state index in [0.29, 0.717) is 18.5 Å². The zero-order chi connectivity index (χ0) is 20.3. The SMILES string of the molecule is COc1ccc(CCNC(=O)c2ccc3[nH]c(C)c(C)c3c2)cc1OC(F)F. The molecule has 0 aliphatic heterocycles. The Labute approximate surface area is 161 Å². The van der Waals surface area contributed by atoms with Crippen LogP contribution >= 0.6 is 0 Å². The van der Waals surface area contributed by atoms with E-state index >= 15 is 0 Å².